The monoisotopic (exact) mass is 363 g/mol. The van der Waals surface area contributed by atoms with Crippen molar-refractivity contribution < 1.29 is 0 Å². The molecule has 18 heavy (non-hydrogen) atoms. The van der Waals surface area contributed by atoms with Gasteiger partial charge in [-0.05, 0) is 44.4 Å². The molecule has 104 valence electrons. The molecule has 2 aliphatic carbocycles. The normalized spacial score (nSPS) is 31.8. The van der Waals surface area contributed by atoms with Gasteiger partial charge in [0.05, 0.1) is 0 Å². The molecule has 0 aromatic heterocycles. The van der Waals surface area contributed by atoms with Crippen LogP contribution in [0.1, 0.15) is 45.4 Å². The molecule has 1 N–H and O–H groups in total. The fraction of sp³-hybridized carbons (Fsp3) is 0.929. The predicted molar refractivity (Wildman–Crippen MR) is 86.6 cm³/mol. The fourth-order valence-corrected chi connectivity index (χ4v) is 3.38. The van der Waals surface area contributed by atoms with Crippen LogP contribution in [0.3, 0.4) is 0 Å². The number of guanidine groups is 1. The van der Waals surface area contributed by atoms with E-state index in [4.69, 9.17) is 0 Å². The lowest BCUT2D eigenvalue weighted by Gasteiger charge is -2.22. The van der Waals surface area contributed by atoms with E-state index >= 15 is 0 Å². The first-order valence-electron chi connectivity index (χ1n) is 7.42. The third kappa shape index (κ3) is 3.31. The maximum absolute atomic E-state index is 4.68. The zero-order valence-corrected chi connectivity index (χ0v) is 13.7. The SMILES string of the molecule is CCN=C(NC1CC1)N1CC2CCCCC2C1.I. The summed E-state index contributed by atoms with van der Waals surface area (Å²) in [6.07, 6.45) is 8.47. The van der Waals surface area contributed by atoms with Gasteiger partial charge in [-0.2, -0.15) is 0 Å². The highest BCUT2D eigenvalue weighted by Gasteiger charge is 2.36. The van der Waals surface area contributed by atoms with Gasteiger partial charge in [-0.25, -0.2) is 0 Å². The molecular formula is C14H26IN3. The van der Waals surface area contributed by atoms with Crippen molar-refractivity contribution in [2.75, 3.05) is 19.6 Å². The molecule has 2 saturated carbocycles. The number of hydrogen-bond donors (Lipinski definition) is 1. The van der Waals surface area contributed by atoms with Crippen LogP contribution in [0.4, 0.5) is 0 Å². The third-order valence-electron chi connectivity index (χ3n) is 4.49. The summed E-state index contributed by atoms with van der Waals surface area (Å²) < 4.78 is 0. The Kier molecular flexibility index (Phi) is 5.15. The maximum Gasteiger partial charge on any atom is 0.194 e. The fourth-order valence-electron chi connectivity index (χ4n) is 3.38. The maximum atomic E-state index is 4.68. The van der Waals surface area contributed by atoms with Gasteiger partial charge in [0.15, 0.2) is 5.96 Å². The number of nitrogens with one attached hydrogen (secondary N) is 1. The first-order chi connectivity index (χ1) is 8.36. The molecule has 1 heterocycles. The van der Waals surface area contributed by atoms with E-state index in [9.17, 15) is 0 Å². The van der Waals surface area contributed by atoms with E-state index in [2.05, 4.69) is 22.1 Å². The lowest BCUT2D eigenvalue weighted by Crippen LogP contribution is -2.41. The highest BCUT2D eigenvalue weighted by Crippen LogP contribution is 2.36. The number of likely N-dealkylation sites (tertiary alicyclic amines) is 1. The lowest BCUT2D eigenvalue weighted by atomic mass is 9.82. The van der Waals surface area contributed by atoms with Gasteiger partial charge in [0, 0.05) is 25.7 Å². The number of aliphatic imine (C=N–C) groups is 1. The van der Waals surface area contributed by atoms with Crippen LogP contribution in [0.5, 0.6) is 0 Å². The van der Waals surface area contributed by atoms with Crippen LogP contribution < -0.4 is 5.32 Å². The summed E-state index contributed by atoms with van der Waals surface area (Å²) in [5, 5.41) is 3.62. The van der Waals surface area contributed by atoms with E-state index in [1.807, 2.05) is 0 Å². The van der Waals surface area contributed by atoms with Crippen LogP contribution in [-0.2, 0) is 0 Å². The first-order valence-corrected chi connectivity index (χ1v) is 7.42. The topological polar surface area (TPSA) is 27.6 Å². The Hall–Kier alpha value is 0. The van der Waals surface area contributed by atoms with Gasteiger partial charge < -0.3 is 10.2 Å². The Bertz CT molecular complexity index is 287. The van der Waals surface area contributed by atoms with Crippen molar-refractivity contribution in [1.82, 2.24) is 10.2 Å². The highest BCUT2D eigenvalue weighted by molar-refractivity contribution is 14.0. The predicted octanol–water partition coefficient (Wildman–Crippen LogP) is 2.85. The average molecular weight is 363 g/mol. The second kappa shape index (κ2) is 6.44. The molecule has 0 radical (unpaired) electrons. The molecule has 0 aromatic rings. The van der Waals surface area contributed by atoms with Crippen molar-refractivity contribution in [3.63, 3.8) is 0 Å². The summed E-state index contributed by atoms with van der Waals surface area (Å²) in [6, 6.07) is 0.725. The minimum atomic E-state index is 0. The van der Waals surface area contributed by atoms with Gasteiger partial charge in [0.2, 0.25) is 0 Å². The van der Waals surface area contributed by atoms with Crippen molar-refractivity contribution in [2.24, 2.45) is 16.8 Å². The second-order valence-corrected chi connectivity index (χ2v) is 5.93. The molecule has 2 unspecified atom stereocenters. The van der Waals surface area contributed by atoms with Crippen LogP contribution >= 0.6 is 24.0 Å². The lowest BCUT2D eigenvalue weighted by molar-refractivity contribution is 0.299. The third-order valence-corrected chi connectivity index (χ3v) is 4.49. The van der Waals surface area contributed by atoms with E-state index in [1.54, 1.807) is 0 Å². The first kappa shape index (κ1) is 14.4. The Morgan fingerprint density at radius 2 is 1.72 bits per heavy atom. The van der Waals surface area contributed by atoms with Gasteiger partial charge >= 0.3 is 0 Å². The number of halogens is 1. The summed E-state index contributed by atoms with van der Waals surface area (Å²) in [5.41, 5.74) is 0. The summed E-state index contributed by atoms with van der Waals surface area (Å²) >= 11 is 0. The van der Waals surface area contributed by atoms with Gasteiger partial charge in [-0.15, -0.1) is 24.0 Å². The minimum absolute atomic E-state index is 0. The number of fused-ring (bicyclic) bond motifs is 1. The quantitative estimate of drug-likeness (QED) is 0.464. The number of rotatable bonds is 2. The van der Waals surface area contributed by atoms with Crippen molar-refractivity contribution in [3.05, 3.63) is 0 Å². The highest BCUT2D eigenvalue weighted by atomic mass is 127. The van der Waals surface area contributed by atoms with Gasteiger partial charge in [-0.3, -0.25) is 4.99 Å². The summed E-state index contributed by atoms with van der Waals surface area (Å²) in [7, 11) is 0. The molecule has 3 fully saturated rings. The second-order valence-electron chi connectivity index (χ2n) is 5.93. The Morgan fingerprint density at radius 3 is 2.22 bits per heavy atom. The summed E-state index contributed by atoms with van der Waals surface area (Å²) in [5.74, 6) is 3.10. The molecule has 0 amide bonds. The van der Waals surface area contributed by atoms with Crippen LogP contribution in [0.2, 0.25) is 0 Å². The Labute approximate surface area is 128 Å². The number of nitrogens with zero attached hydrogens (tertiary/aromatic N) is 2. The Morgan fingerprint density at radius 1 is 1.11 bits per heavy atom. The zero-order chi connectivity index (χ0) is 11.7. The van der Waals surface area contributed by atoms with E-state index < -0.39 is 0 Å². The van der Waals surface area contributed by atoms with Crippen molar-refractivity contribution in [2.45, 2.75) is 51.5 Å². The molecular weight excluding hydrogens is 337 g/mol. The van der Waals surface area contributed by atoms with Crippen molar-refractivity contribution in [1.29, 1.82) is 0 Å². The van der Waals surface area contributed by atoms with Crippen molar-refractivity contribution in [3.8, 4) is 0 Å². The largest absolute Gasteiger partial charge is 0.354 e. The van der Waals surface area contributed by atoms with Crippen LogP contribution in [0, 0.1) is 11.8 Å². The van der Waals surface area contributed by atoms with E-state index in [0.717, 1.165) is 24.4 Å². The molecule has 0 spiro atoms. The molecule has 0 aromatic carbocycles. The molecule has 1 saturated heterocycles. The van der Waals surface area contributed by atoms with Crippen LogP contribution in [0.25, 0.3) is 0 Å². The summed E-state index contributed by atoms with van der Waals surface area (Å²) in [6.45, 7) is 5.55. The molecule has 4 heteroatoms. The van der Waals surface area contributed by atoms with Gasteiger partial charge in [0.25, 0.3) is 0 Å². The summed E-state index contributed by atoms with van der Waals surface area (Å²) in [4.78, 5) is 7.21. The zero-order valence-electron chi connectivity index (χ0n) is 11.4. The van der Waals surface area contributed by atoms with E-state index in [0.29, 0.717) is 0 Å². The van der Waals surface area contributed by atoms with E-state index in [1.165, 1.54) is 57.6 Å². The van der Waals surface area contributed by atoms with Crippen molar-refractivity contribution >= 4 is 29.9 Å². The smallest absolute Gasteiger partial charge is 0.194 e. The van der Waals surface area contributed by atoms with Gasteiger partial charge in [0.1, 0.15) is 0 Å². The minimum Gasteiger partial charge on any atom is -0.354 e. The standard InChI is InChI=1S/C14H25N3.HI/c1-2-15-14(16-13-7-8-13)17-9-11-5-3-4-6-12(11)10-17;/h11-13H,2-10H2,1H3,(H,15,16);1H. The van der Waals surface area contributed by atoms with Crippen LogP contribution in [0.15, 0.2) is 4.99 Å². The van der Waals surface area contributed by atoms with E-state index in [-0.39, 0.29) is 24.0 Å². The molecule has 0 bridgehead atoms. The Balaban J connectivity index is 0.00000120. The van der Waals surface area contributed by atoms with Crippen LogP contribution in [-0.4, -0.2) is 36.5 Å². The molecule has 3 nitrogen and oxygen atoms in total. The molecule has 3 rings (SSSR count). The number of hydrogen-bond acceptors (Lipinski definition) is 1. The molecule has 1 aliphatic heterocycles. The molecule has 2 atom stereocenters. The molecule has 3 aliphatic rings. The average Bonchev–Trinajstić information content (AvgIpc) is 3.05. The van der Waals surface area contributed by atoms with Gasteiger partial charge in [-0.1, -0.05) is 12.8 Å².